The normalized spacial score (nSPS) is 14.6. The number of para-hydroxylation sites is 1. The van der Waals surface area contributed by atoms with Crippen LogP contribution in [0.3, 0.4) is 0 Å². The molecule has 5 rings (SSSR count). The maximum absolute atomic E-state index is 13.2. The molecule has 4 heterocycles. The maximum atomic E-state index is 13.2. The summed E-state index contributed by atoms with van der Waals surface area (Å²) in [5.41, 5.74) is 2.13. The Balaban J connectivity index is 1.21. The molecular formula is C23H23N5O3S2. The number of carbonyl (C=O) groups is 1. The van der Waals surface area contributed by atoms with E-state index in [1.807, 2.05) is 46.8 Å². The Bertz CT molecular complexity index is 1340. The molecule has 3 aromatic heterocycles. The monoisotopic (exact) mass is 481 g/mol. The van der Waals surface area contributed by atoms with E-state index in [2.05, 4.69) is 14.9 Å². The molecule has 0 unspecified atom stereocenters. The predicted octanol–water partition coefficient (Wildman–Crippen LogP) is 3.06. The fourth-order valence-electron chi connectivity index (χ4n) is 3.87. The van der Waals surface area contributed by atoms with Crippen molar-refractivity contribution >= 4 is 33.5 Å². The van der Waals surface area contributed by atoms with E-state index in [1.54, 1.807) is 28.0 Å². The maximum Gasteiger partial charge on any atom is 0.258 e. The summed E-state index contributed by atoms with van der Waals surface area (Å²) in [4.78, 5) is 39.2. The number of ether oxygens (including phenoxy) is 1. The minimum absolute atomic E-state index is 0.0314. The summed E-state index contributed by atoms with van der Waals surface area (Å²) in [6.45, 7) is 5.55. The number of amides is 1. The zero-order chi connectivity index (χ0) is 22.8. The van der Waals surface area contributed by atoms with E-state index in [4.69, 9.17) is 4.74 Å². The molecule has 1 aliphatic heterocycles. The smallest absolute Gasteiger partial charge is 0.258 e. The molecular weight excluding hydrogens is 458 g/mol. The minimum Gasteiger partial charge on any atom is -0.486 e. The molecule has 4 aromatic rings. The second kappa shape index (κ2) is 9.42. The zero-order valence-electron chi connectivity index (χ0n) is 18.1. The number of hydrogen-bond donors (Lipinski definition) is 0. The van der Waals surface area contributed by atoms with Crippen molar-refractivity contribution in [2.24, 2.45) is 0 Å². The van der Waals surface area contributed by atoms with Gasteiger partial charge < -0.3 is 9.64 Å². The van der Waals surface area contributed by atoms with E-state index in [0.29, 0.717) is 42.5 Å². The molecule has 0 saturated carbocycles. The molecule has 0 radical (unpaired) electrons. The first-order valence-electron chi connectivity index (χ1n) is 10.7. The van der Waals surface area contributed by atoms with E-state index >= 15 is 0 Å². The quantitative estimate of drug-likeness (QED) is 0.421. The molecule has 0 N–H and O–H groups in total. The van der Waals surface area contributed by atoms with Crippen LogP contribution >= 0.6 is 22.7 Å². The first kappa shape index (κ1) is 21.7. The van der Waals surface area contributed by atoms with Crippen molar-refractivity contribution in [1.82, 2.24) is 24.2 Å². The number of benzene rings is 1. The molecule has 8 nitrogen and oxygen atoms in total. The van der Waals surface area contributed by atoms with Gasteiger partial charge in [-0.15, -0.1) is 22.7 Å². The lowest BCUT2D eigenvalue weighted by Crippen LogP contribution is -2.48. The summed E-state index contributed by atoms with van der Waals surface area (Å²) in [5, 5.41) is 4.82. The average Bonchev–Trinajstić information content (AvgIpc) is 3.47. The van der Waals surface area contributed by atoms with Crippen LogP contribution in [0.1, 0.15) is 26.8 Å². The highest BCUT2D eigenvalue weighted by molar-refractivity contribution is 7.15. The van der Waals surface area contributed by atoms with Crippen LogP contribution in [-0.4, -0.2) is 56.3 Å². The average molecular weight is 482 g/mol. The molecule has 1 amide bonds. The lowest BCUT2D eigenvalue weighted by atomic mass is 10.1. The van der Waals surface area contributed by atoms with E-state index in [0.717, 1.165) is 29.5 Å². The highest BCUT2D eigenvalue weighted by Crippen LogP contribution is 2.22. The summed E-state index contributed by atoms with van der Waals surface area (Å²) in [6.07, 6.45) is 1.74. The minimum atomic E-state index is -0.0607. The van der Waals surface area contributed by atoms with Crippen molar-refractivity contribution < 1.29 is 9.53 Å². The van der Waals surface area contributed by atoms with Crippen molar-refractivity contribution in [1.29, 1.82) is 0 Å². The van der Waals surface area contributed by atoms with Crippen LogP contribution in [0.5, 0.6) is 5.75 Å². The fourth-order valence-corrected chi connectivity index (χ4v) is 5.21. The van der Waals surface area contributed by atoms with Gasteiger partial charge in [0.2, 0.25) is 0 Å². The lowest BCUT2D eigenvalue weighted by molar-refractivity contribution is 0.0622. The molecule has 33 heavy (non-hydrogen) atoms. The Morgan fingerprint density at radius 1 is 1.09 bits per heavy atom. The standard InChI is InChI=1S/C23H23N5O3S2/c1-16-24-18(15-33-16)14-31-20-5-3-2-4-19(20)22(30)27-8-6-26(7-9-27)13-17-12-21(29)28-10-11-32-23(28)25-17/h2-5,10-12,15H,6-9,13-14H2,1H3. The van der Waals surface area contributed by atoms with Gasteiger partial charge in [0.05, 0.1) is 22.0 Å². The van der Waals surface area contributed by atoms with Gasteiger partial charge in [0.1, 0.15) is 12.4 Å². The van der Waals surface area contributed by atoms with Crippen LogP contribution in [0.2, 0.25) is 0 Å². The van der Waals surface area contributed by atoms with Gasteiger partial charge in [-0.2, -0.15) is 0 Å². The SMILES string of the molecule is Cc1nc(COc2ccccc2C(=O)N2CCN(Cc3cc(=O)n4ccsc4n3)CC2)cs1. The molecule has 0 bridgehead atoms. The molecule has 1 aromatic carbocycles. The first-order valence-corrected chi connectivity index (χ1v) is 12.4. The van der Waals surface area contributed by atoms with E-state index in [-0.39, 0.29) is 11.5 Å². The van der Waals surface area contributed by atoms with Crippen LogP contribution in [-0.2, 0) is 13.2 Å². The number of hydrogen-bond acceptors (Lipinski definition) is 8. The van der Waals surface area contributed by atoms with Crippen LogP contribution < -0.4 is 10.3 Å². The third-order valence-electron chi connectivity index (χ3n) is 5.56. The van der Waals surface area contributed by atoms with Gasteiger partial charge in [0, 0.05) is 55.7 Å². The largest absolute Gasteiger partial charge is 0.486 e. The molecule has 10 heteroatoms. The van der Waals surface area contributed by atoms with E-state index in [9.17, 15) is 9.59 Å². The van der Waals surface area contributed by atoms with Crippen LogP contribution in [0, 0.1) is 6.92 Å². The summed E-state index contributed by atoms with van der Waals surface area (Å²) in [6, 6.07) is 8.96. The van der Waals surface area contributed by atoms with Gasteiger partial charge in [-0.25, -0.2) is 9.97 Å². The van der Waals surface area contributed by atoms with Gasteiger partial charge >= 0.3 is 0 Å². The van der Waals surface area contributed by atoms with Crippen molar-refractivity contribution in [2.45, 2.75) is 20.1 Å². The number of piperazine rings is 1. The third kappa shape index (κ3) is 4.82. The Kier molecular flexibility index (Phi) is 6.21. The Morgan fingerprint density at radius 2 is 1.91 bits per heavy atom. The second-order valence-corrected chi connectivity index (χ2v) is 9.79. The number of thiazole rings is 2. The van der Waals surface area contributed by atoms with Crippen LogP contribution in [0.25, 0.3) is 4.96 Å². The van der Waals surface area contributed by atoms with E-state index in [1.165, 1.54) is 11.3 Å². The summed E-state index contributed by atoms with van der Waals surface area (Å²) >= 11 is 3.03. The number of aromatic nitrogens is 3. The number of nitrogens with zero attached hydrogens (tertiary/aromatic N) is 5. The molecule has 1 aliphatic rings. The van der Waals surface area contributed by atoms with Crippen molar-refractivity contribution in [2.75, 3.05) is 26.2 Å². The first-order chi connectivity index (χ1) is 16.1. The second-order valence-electron chi connectivity index (χ2n) is 7.85. The summed E-state index contributed by atoms with van der Waals surface area (Å²) < 4.78 is 7.49. The lowest BCUT2D eigenvalue weighted by Gasteiger charge is -2.34. The van der Waals surface area contributed by atoms with Gasteiger partial charge in [-0.1, -0.05) is 12.1 Å². The van der Waals surface area contributed by atoms with Gasteiger partial charge in [-0.3, -0.25) is 18.9 Å². The highest BCUT2D eigenvalue weighted by Gasteiger charge is 2.24. The third-order valence-corrected chi connectivity index (χ3v) is 7.14. The molecule has 1 saturated heterocycles. The van der Waals surface area contributed by atoms with Crippen LogP contribution in [0.4, 0.5) is 0 Å². The summed E-state index contributed by atoms with van der Waals surface area (Å²) in [7, 11) is 0. The van der Waals surface area contributed by atoms with E-state index < -0.39 is 0 Å². The number of carbonyl (C=O) groups excluding carboxylic acids is 1. The van der Waals surface area contributed by atoms with Crippen molar-refractivity contribution in [3.05, 3.63) is 79.6 Å². The molecule has 0 spiro atoms. The number of fused-ring (bicyclic) bond motifs is 1. The topological polar surface area (TPSA) is 80.0 Å². The van der Waals surface area contributed by atoms with Gasteiger partial charge in [0.15, 0.2) is 4.96 Å². The van der Waals surface area contributed by atoms with Gasteiger partial charge in [-0.05, 0) is 19.1 Å². The van der Waals surface area contributed by atoms with Crippen molar-refractivity contribution in [3.63, 3.8) is 0 Å². The highest BCUT2D eigenvalue weighted by atomic mass is 32.1. The summed E-state index contributed by atoms with van der Waals surface area (Å²) in [5.74, 6) is 0.542. The Morgan fingerprint density at radius 3 is 2.70 bits per heavy atom. The number of aryl methyl sites for hydroxylation is 1. The Hall–Kier alpha value is -3.08. The molecule has 0 atom stereocenters. The van der Waals surface area contributed by atoms with Crippen LogP contribution in [0.15, 0.2) is 52.1 Å². The predicted molar refractivity (Wildman–Crippen MR) is 128 cm³/mol. The number of rotatable bonds is 6. The molecule has 170 valence electrons. The molecule has 0 aliphatic carbocycles. The zero-order valence-corrected chi connectivity index (χ0v) is 19.8. The van der Waals surface area contributed by atoms with Gasteiger partial charge in [0.25, 0.3) is 11.5 Å². The van der Waals surface area contributed by atoms with Crippen molar-refractivity contribution in [3.8, 4) is 5.75 Å². The molecule has 1 fully saturated rings. The fraction of sp³-hybridized carbons (Fsp3) is 0.304. The Labute approximate surface area is 198 Å².